The molecular weight excluding hydrogens is 355 g/mol. The van der Waals surface area contributed by atoms with Crippen LogP contribution in [0.4, 0.5) is 4.39 Å². The van der Waals surface area contributed by atoms with Gasteiger partial charge in [0, 0.05) is 11.7 Å². The molecule has 0 aliphatic rings. The molecule has 3 aromatic rings. The monoisotopic (exact) mass is 368 g/mol. The molecule has 2 aromatic heterocycles. The number of hydrogen-bond acceptors (Lipinski definition) is 4. The number of rotatable bonds is 6. The predicted molar refractivity (Wildman–Crippen MR) is 87.9 cm³/mol. The summed E-state index contributed by atoms with van der Waals surface area (Å²) in [5, 5.41) is 12.4. The van der Waals surface area contributed by atoms with Crippen molar-refractivity contribution in [2.45, 2.75) is 17.4 Å². The molecule has 6 nitrogen and oxygen atoms in total. The quantitative estimate of drug-likeness (QED) is 0.623. The van der Waals surface area contributed by atoms with Gasteiger partial charge in [0.1, 0.15) is 10.7 Å². The molecule has 0 amide bonds. The Labute approximate surface area is 141 Å². The molecule has 0 bridgehead atoms. The Morgan fingerprint density at radius 1 is 1.38 bits per heavy atom. The number of benzene rings is 1. The highest BCUT2D eigenvalue weighted by molar-refractivity contribution is 7.89. The molecule has 1 atom stereocenters. The van der Waals surface area contributed by atoms with E-state index in [1.165, 1.54) is 29.7 Å². The molecule has 3 rings (SSSR count). The topological polar surface area (TPSA) is 99.3 Å². The van der Waals surface area contributed by atoms with Gasteiger partial charge in [-0.15, -0.1) is 0 Å². The molecule has 9 heteroatoms. The molecule has 2 heterocycles. The van der Waals surface area contributed by atoms with E-state index < -0.39 is 34.3 Å². The van der Waals surface area contributed by atoms with Gasteiger partial charge in [-0.05, 0) is 34.5 Å². The molecule has 0 aliphatic heterocycles. The Morgan fingerprint density at radius 2 is 2.17 bits per heavy atom. The number of hydrogen-bond donors (Lipinski definition) is 3. The van der Waals surface area contributed by atoms with Crippen LogP contribution in [0.25, 0.3) is 10.9 Å². The van der Waals surface area contributed by atoms with Crippen LogP contribution in [0.3, 0.4) is 0 Å². The van der Waals surface area contributed by atoms with Crippen molar-refractivity contribution in [3.8, 4) is 0 Å². The minimum Gasteiger partial charge on any atom is -0.481 e. The van der Waals surface area contributed by atoms with Crippen molar-refractivity contribution in [3.63, 3.8) is 0 Å². The summed E-state index contributed by atoms with van der Waals surface area (Å²) in [4.78, 5) is 13.5. The summed E-state index contributed by atoms with van der Waals surface area (Å²) >= 11 is 1.33. The first-order valence-corrected chi connectivity index (χ1v) is 9.33. The fraction of sp³-hybridized carbons (Fsp3) is 0.133. The van der Waals surface area contributed by atoms with Crippen LogP contribution in [-0.2, 0) is 14.8 Å². The lowest BCUT2D eigenvalue weighted by molar-refractivity contribution is -0.137. The third-order valence-corrected chi connectivity index (χ3v) is 5.73. The molecule has 0 radical (unpaired) electrons. The molecule has 0 aliphatic carbocycles. The Bertz CT molecular complexity index is 980. The zero-order valence-corrected chi connectivity index (χ0v) is 13.8. The molecule has 24 heavy (non-hydrogen) atoms. The van der Waals surface area contributed by atoms with Crippen molar-refractivity contribution in [2.24, 2.45) is 0 Å². The van der Waals surface area contributed by atoms with Crippen LogP contribution >= 0.6 is 11.3 Å². The van der Waals surface area contributed by atoms with Gasteiger partial charge in [0.2, 0.25) is 10.0 Å². The van der Waals surface area contributed by atoms with Gasteiger partial charge in [0.15, 0.2) is 0 Å². The zero-order valence-electron chi connectivity index (χ0n) is 12.2. The third-order valence-electron chi connectivity index (χ3n) is 3.53. The van der Waals surface area contributed by atoms with Crippen LogP contribution < -0.4 is 4.72 Å². The van der Waals surface area contributed by atoms with Crippen molar-refractivity contribution < 1.29 is 22.7 Å². The van der Waals surface area contributed by atoms with Crippen molar-refractivity contribution in [2.75, 3.05) is 0 Å². The number of aromatic amines is 1. The number of sulfonamides is 1. The van der Waals surface area contributed by atoms with E-state index in [2.05, 4.69) is 9.71 Å². The highest BCUT2D eigenvalue weighted by Crippen LogP contribution is 2.28. The fourth-order valence-corrected chi connectivity index (χ4v) is 4.57. The normalized spacial score (nSPS) is 13.2. The average molecular weight is 368 g/mol. The number of carboxylic acid groups (broad SMARTS) is 1. The summed E-state index contributed by atoms with van der Waals surface area (Å²) in [5.74, 6) is -1.81. The van der Waals surface area contributed by atoms with Gasteiger partial charge < -0.3 is 10.1 Å². The average Bonchev–Trinajstić information content (AvgIpc) is 3.16. The molecular formula is C15H13FN2O4S2. The molecule has 1 aromatic carbocycles. The molecule has 0 spiro atoms. The van der Waals surface area contributed by atoms with Gasteiger partial charge in [-0.1, -0.05) is 6.07 Å². The van der Waals surface area contributed by atoms with Crippen LogP contribution in [0.2, 0.25) is 0 Å². The molecule has 3 N–H and O–H groups in total. The molecule has 1 unspecified atom stereocenters. The summed E-state index contributed by atoms with van der Waals surface area (Å²) in [5.41, 5.74) is 0.895. The van der Waals surface area contributed by atoms with Gasteiger partial charge in [-0.25, -0.2) is 17.5 Å². The Balaban J connectivity index is 2.01. The molecule has 0 saturated carbocycles. The number of carbonyl (C=O) groups is 1. The Hall–Kier alpha value is -2.23. The summed E-state index contributed by atoms with van der Waals surface area (Å²) in [6.45, 7) is 0. The van der Waals surface area contributed by atoms with E-state index in [0.29, 0.717) is 11.1 Å². The standard InChI is InChI=1S/C15H13FN2O4S2/c16-10-2-1-3-11-15(10)13(7-17-11)24(21,22)18-12(6-14(19)20)9-4-5-23-8-9/h1-5,7-8,12,17-18H,6H2,(H,19,20). The first-order valence-electron chi connectivity index (χ1n) is 6.90. The van der Waals surface area contributed by atoms with E-state index in [0.717, 1.165) is 0 Å². The van der Waals surface area contributed by atoms with E-state index in [9.17, 15) is 17.6 Å². The number of aromatic nitrogens is 1. The largest absolute Gasteiger partial charge is 0.481 e. The maximum Gasteiger partial charge on any atom is 0.305 e. The van der Waals surface area contributed by atoms with Crippen LogP contribution in [0.5, 0.6) is 0 Å². The van der Waals surface area contributed by atoms with E-state index in [-0.39, 0.29) is 10.3 Å². The summed E-state index contributed by atoms with van der Waals surface area (Å²) in [6.07, 6.45) is 0.780. The van der Waals surface area contributed by atoms with E-state index >= 15 is 0 Å². The number of H-pyrrole nitrogens is 1. The van der Waals surface area contributed by atoms with Crippen LogP contribution in [0.15, 0.2) is 46.1 Å². The minimum atomic E-state index is -4.12. The number of carboxylic acids is 1. The number of nitrogens with one attached hydrogen (secondary N) is 2. The maximum absolute atomic E-state index is 14.0. The summed E-state index contributed by atoms with van der Waals surface area (Å²) in [7, 11) is -4.12. The second-order valence-electron chi connectivity index (χ2n) is 5.14. The lowest BCUT2D eigenvalue weighted by Crippen LogP contribution is -2.30. The maximum atomic E-state index is 14.0. The number of fused-ring (bicyclic) bond motifs is 1. The zero-order chi connectivity index (χ0) is 17.3. The second-order valence-corrected chi connectivity index (χ2v) is 7.61. The van der Waals surface area contributed by atoms with Crippen molar-refractivity contribution in [1.82, 2.24) is 9.71 Å². The smallest absolute Gasteiger partial charge is 0.305 e. The van der Waals surface area contributed by atoms with Crippen molar-refractivity contribution in [1.29, 1.82) is 0 Å². The molecule has 126 valence electrons. The predicted octanol–water partition coefficient (Wildman–Crippen LogP) is 2.86. The number of halogens is 1. The van der Waals surface area contributed by atoms with Crippen LogP contribution in [0, 0.1) is 5.82 Å². The summed E-state index contributed by atoms with van der Waals surface area (Å²) < 4.78 is 41.7. The Morgan fingerprint density at radius 3 is 2.83 bits per heavy atom. The highest BCUT2D eigenvalue weighted by atomic mass is 32.2. The fourth-order valence-electron chi connectivity index (χ4n) is 2.45. The van der Waals surface area contributed by atoms with E-state index in [4.69, 9.17) is 5.11 Å². The number of thiophene rings is 1. The van der Waals surface area contributed by atoms with Crippen molar-refractivity contribution >= 4 is 38.2 Å². The van der Waals surface area contributed by atoms with Crippen LogP contribution in [-0.4, -0.2) is 24.5 Å². The highest BCUT2D eigenvalue weighted by Gasteiger charge is 2.27. The van der Waals surface area contributed by atoms with Gasteiger partial charge in [0.25, 0.3) is 0 Å². The minimum absolute atomic E-state index is 0.0515. The van der Waals surface area contributed by atoms with E-state index in [1.807, 2.05) is 0 Å². The third kappa shape index (κ3) is 3.18. The van der Waals surface area contributed by atoms with E-state index in [1.54, 1.807) is 22.9 Å². The first kappa shape index (κ1) is 16.6. The second kappa shape index (κ2) is 6.34. The van der Waals surface area contributed by atoms with Gasteiger partial charge in [-0.3, -0.25) is 4.79 Å². The summed E-state index contributed by atoms with van der Waals surface area (Å²) in [6, 6.07) is 4.91. The van der Waals surface area contributed by atoms with Gasteiger partial charge in [0.05, 0.1) is 17.8 Å². The number of aliphatic carboxylic acids is 1. The lowest BCUT2D eigenvalue weighted by Gasteiger charge is -2.16. The van der Waals surface area contributed by atoms with Gasteiger partial charge >= 0.3 is 5.97 Å². The molecule has 0 saturated heterocycles. The Kier molecular flexibility index (Phi) is 4.39. The lowest BCUT2D eigenvalue weighted by atomic mass is 10.1. The first-order chi connectivity index (χ1) is 11.4. The van der Waals surface area contributed by atoms with Gasteiger partial charge in [-0.2, -0.15) is 11.3 Å². The molecule has 0 fully saturated rings. The van der Waals surface area contributed by atoms with Crippen molar-refractivity contribution in [3.05, 3.63) is 52.6 Å². The SMILES string of the molecule is O=C(O)CC(NS(=O)(=O)c1c[nH]c2cccc(F)c12)c1ccsc1. The van der Waals surface area contributed by atoms with Crippen LogP contribution in [0.1, 0.15) is 18.0 Å².